The lowest BCUT2D eigenvalue weighted by atomic mass is 10.0. The van der Waals surface area contributed by atoms with Gasteiger partial charge in [-0.15, -0.1) is 0 Å². The molecule has 0 aromatic rings. The van der Waals surface area contributed by atoms with Crippen LogP contribution >= 0.6 is 0 Å². The summed E-state index contributed by atoms with van der Waals surface area (Å²) in [6.07, 6.45) is -0.713. The highest BCUT2D eigenvalue weighted by Gasteiger charge is 2.35. The second kappa shape index (κ2) is 8.44. The summed E-state index contributed by atoms with van der Waals surface area (Å²) in [5.41, 5.74) is 0. The number of carbonyl (C=O) groups excluding carboxylic acids is 1. The average Bonchev–Trinajstić information content (AvgIpc) is 2.41. The molecule has 0 aliphatic carbocycles. The van der Waals surface area contributed by atoms with Crippen LogP contribution in [-0.4, -0.2) is 66.0 Å². The van der Waals surface area contributed by atoms with Crippen LogP contribution in [0.4, 0.5) is 0 Å². The summed E-state index contributed by atoms with van der Waals surface area (Å²) in [6, 6.07) is 0. The molecule has 4 unspecified atom stereocenters. The molecule has 0 saturated carbocycles. The van der Waals surface area contributed by atoms with Gasteiger partial charge in [-0.3, -0.25) is 10.1 Å². The zero-order chi connectivity index (χ0) is 14.3. The van der Waals surface area contributed by atoms with Crippen LogP contribution in [0.25, 0.3) is 0 Å². The highest BCUT2D eigenvalue weighted by molar-refractivity contribution is 5.75. The van der Waals surface area contributed by atoms with E-state index in [9.17, 15) is 15.0 Å². The standard InChI is InChI=1S/C12H24N2O5/c1-13-10(17)4-2-3-5-14-11-6-8(16)12(18)9(7-15)19-11/h8-9,11-12,14-16,18H,2-7H2,1H3,(H,13,17). The van der Waals surface area contributed by atoms with Gasteiger partial charge in [0.15, 0.2) is 0 Å². The Kier molecular flexibility index (Phi) is 7.25. The zero-order valence-corrected chi connectivity index (χ0v) is 11.2. The van der Waals surface area contributed by atoms with Crippen LogP contribution in [0.3, 0.4) is 0 Å². The van der Waals surface area contributed by atoms with Gasteiger partial charge in [0.2, 0.25) is 5.91 Å². The average molecular weight is 276 g/mol. The fraction of sp³-hybridized carbons (Fsp3) is 0.917. The van der Waals surface area contributed by atoms with Crippen LogP contribution in [0.5, 0.6) is 0 Å². The Morgan fingerprint density at radius 2 is 2.11 bits per heavy atom. The van der Waals surface area contributed by atoms with E-state index in [1.807, 2.05) is 0 Å². The zero-order valence-electron chi connectivity index (χ0n) is 11.2. The van der Waals surface area contributed by atoms with Crippen molar-refractivity contribution < 1.29 is 24.9 Å². The summed E-state index contributed by atoms with van der Waals surface area (Å²) >= 11 is 0. The van der Waals surface area contributed by atoms with Crippen molar-refractivity contribution in [2.45, 2.75) is 50.2 Å². The lowest BCUT2D eigenvalue weighted by molar-refractivity contribution is -0.186. The van der Waals surface area contributed by atoms with Gasteiger partial charge in [0, 0.05) is 19.9 Å². The summed E-state index contributed by atoms with van der Waals surface area (Å²) in [4.78, 5) is 11.0. The van der Waals surface area contributed by atoms with E-state index < -0.39 is 18.3 Å². The number of carbonyl (C=O) groups is 1. The lowest BCUT2D eigenvalue weighted by Gasteiger charge is -2.36. The van der Waals surface area contributed by atoms with E-state index in [1.54, 1.807) is 7.05 Å². The third-order valence-corrected chi connectivity index (χ3v) is 3.23. The minimum Gasteiger partial charge on any atom is -0.394 e. The van der Waals surface area contributed by atoms with Crippen LogP contribution in [0, 0.1) is 0 Å². The quantitative estimate of drug-likeness (QED) is 0.355. The minimum absolute atomic E-state index is 0.0211. The molecule has 5 N–H and O–H groups in total. The first kappa shape index (κ1) is 16.3. The normalized spacial score (nSPS) is 31.2. The van der Waals surface area contributed by atoms with E-state index in [1.165, 1.54) is 0 Å². The van der Waals surface area contributed by atoms with E-state index in [2.05, 4.69) is 10.6 Å². The molecule has 0 aromatic carbocycles. The van der Waals surface area contributed by atoms with Gasteiger partial charge >= 0.3 is 0 Å². The van der Waals surface area contributed by atoms with Crippen LogP contribution in [0.1, 0.15) is 25.7 Å². The SMILES string of the molecule is CNC(=O)CCCCNC1CC(O)C(O)C(CO)O1. The van der Waals surface area contributed by atoms with Crippen LogP contribution < -0.4 is 10.6 Å². The van der Waals surface area contributed by atoms with Gasteiger partial charge in [-0.05, 0) is 19.4 Å². The minimum atomic E-state index is -1.05. The van der Waals surface area contributed by atoms with Crippen molar-refractivity contribution in [1.29, 1.82) is 0 Å². The second-order valence-electron chi connectivity index (χ2n) is 4.72. The molecule has 1 heterocycles. The highest BCUT2D eigenvalue weighted by atomic mass is 16.5. The molecule has 19 heavy (non-hydrogen) atoms. The topological polar surface area (TPSA) is 111 Å². The molecule has 1 fully saturated rings. The van der Waals surface area contributed by atoms with Gasteiger partial charge < -0.3 is 25.4 Å². The maximum Gasteiger partial charge on any atom is 0.219 e. The fourth-order valence-corrected chi connectivity index (χ4v) is 2.03. The van der Waals surface area contributed by atoms with Crippen molar-refractivity contribution in [2.24, 2.45) is 0 Å². The molecule has 1 aliphatic rings. The van der Waals surface area contributed by atoms with Gasteiger partial charge in [0.05, 0.1) is 12.7 Å². The van der Waals surface area contributed by atoms with E-state index in [4.69, 9.17) is 9.84 Å². The number of unbranched alkanes of at least 4 members (excludes halogenated alkanes) is 1. The number of aliphatic hydroxyl groups excluding tert-OH is 3. The van der Waals surface area contributed by atoms with E-state index in [-0.39, 0.29) is 25.2 Å². The largest absolute Gasteiger partial charge is 0.394 e. The first-order valence-corrected chi connectivity index (χ1v) is 6.65. The highest BCUT2D eigenvalue weighted by Crippen LogP contribution is 2.18. The molecule has 1 amide bonds. The summed E-state index contributed by atoms with van der Waals surface area (Å²) in [5.74, 6) is 0.0211. The molecule has 0 aromatic heterocycles. The van der Waals surface area contributed by atoms with Crippen molar-refractivity contribution in [1.82, 2.24) is 10.6 Å². The Hall–Kier alpha value is -0.730. The predicted molar refractivity (Wildman–Crippen MR) is 68.3 cm³/mol. The Balaban J connectivity index is 2.17. The van der Waals surface area contributed by atoms with Crippen molar-refractivity contribution in [3.63, 3.8) is 0 Å². The summed E-state index contributed by atoms with van der Waals surface area (Å²) < 4.78 is 5.42. The molecule has 7 heteroatoms. The number of ether oxygens (including phenoxy) is 1. The predicted octanol–water partition coefficient (Wildman–Crippen LogP) is -1.68. The number of hydrogen-bond donors (Lipinski definition) is 5. The van der Waals surface area contributed by atoms with Crippen LogP contribution in [-0.2, 0) is 9.53 Å². The molecule has 0 bridgehead atoms. The lowest BCUT2D eigenvalue weighted by Crippen LogP contribution is -2.53. The molecule has 112 valence electrons. The Labute approximate surface area is 113 Å². The van der Waals surface area contributed by atoms with Gasteiger partial charge in [-0.1, -0.05) is 0 Å². The molecule has 0 spiro atoms. The second-order valence-corrected chi connectivity index (χ2v) is 4.72. The number of hydrogen-bond acceptors (Lipinski definition) is 6. The van der Waals surface area contributed by atoms with E-state index in [0.29, 0.717) is 13.0 Å². The van der Waals surface area contributed by atoms with Crippen molar-refractivity contribution >= 4 is 5.91 Å². The summed E-state index contributed by atoms with van der Waals surface area (Å²) in [6.45, 7) is 0.329. The third-order valence-electron chi connectivity index (χ3n) is 3.23. The van der Waals surface area contributed by atoms with E-state index in [0.717, 1.165) is 12.8 Å². The van der Waals surface area contributed by atoms with Crippen molar-refractivity contribution in [3.05, 3.63) is 0 Å². The molecule has 4 atom stereocenters. The number of nitrogens with one attached hydrogen (secondary N) is 2. The Morgan fingerprint density at radius 3 is 2.74 bits per heavy atom. The summed E-state index contributed by atoms with van der Waals surface area (Å²) in [5, 5.41) is 33.8. The first-order chi connectivity index (χ1) is 9.08. The smallest absolute Gasteiger partial charge is 0.219 e. The van der Waals surface area contributed by atoms with Crippen LogP contribution in [0.15, 0.2) is 0 Å². The molecule has 7 nitrogen and oxygen atoms in total. The Bertz CT molecular complexity index is 277. The maximum absolute atomic E-state index is 11.0. The van der Waals surface area contributed by atoms with Crippen LogP contribution in [0.2, 0.25) is 0 Å². The molecule has 1 aliphatic heterocycles. The number of aliphatic hydroxyl groups is 3. The monoisotopic (exact) mass is 276 g/mol. The number of amides is 1. The van der Waals surface area contributed by atoms with Gasteiger partial charge in [-0.25, -0.2) is 0 Å². The van der Waals surface area contributed by atoms with Gasteiger partial charge in [0.1, 0.15) is 18.4 Å². The van der Waals surface area contributed by atoms with Gasteiger partial charge in [0.25, 0.3) is 0 Å². The molecule has 1 saturated heterocycles. The van der Waals surface area contributed by atoms with Crippen molar-refractivity contribution in [3.8, 4) is 0 Å². The fourth-order valence-electron chi connectivity index (χ4n) is 2.03. The molecule has 0 radical (unpaired) electrons. The number of rotatable bonds is 7. The van der Waals surface area contributed by atoms with Gasteiger partial charge in [-0.2, -0.15) is 0 Å². The maximum atomic E-state index is 11.0. The van der Waals surface area contributed by atoms with Crippen molar-refractivity contribution in [2.75, 3.05) is 20.2 Å². The Morgan fingerprint density at radius 1 is 1.37 bits per heavy atom. The van der Waals surface area contributed by atoms with E-state index >= 15 is 0 Å². The summed E-state index contributed by atoms with van der Waals surface area (Å²) in [7, 11) is 1.61. The molecule has 1 rings (SSSR count). The third kappa shape index (κ3) is 5.42. The molecular formula is C12H24N2O5. The first-order valence-electron chi connectivity index (χ1n) is 6.65. The molecular weight excluding hydrogens is 252 g/mol.